The summed E-state index contributed by atoms with van der Waals surface area (Å²) in [5, 5.41) is 13.4. The quantitative estimate of drug-likeness (QED) is 0.432. The fourth-order valence-corrected chi connectivity index (χ4v) is 1.49. The summed E-state index contributed by atoms with van der Waals surface area (Å²) in [4.78, 5) is 3.93. The highest BCUT2D eigenvalue weighted by molar-refractivity contribution is 9.10. The molecule has 0 atom stereocenters. The molecule has 0 bridgehead atoms. The standard InChI is InChI=1S/C4H3BrN2OS/c5-3-2-9-4(7-3)1-6-8/h1-2,8H. The highest BCUT2D eigenvalue weighted by Gasteiger charge is 1.93. The normalized spacial score (nSPS) is 10.8. The Bertz CT molecular complexity index is 222. The lowest BCUT2D eigenvalue weighted by Gasteiger charge is -1.74. The number of aromatic nitrogens is 1. The van der Waals surface area contributed by atoms with Crippen molar-refractivity contribution in [2.75, 3.05) is 0 Å². The number of oxime groups is 1. The summed E-state index contributed by atoms with van der Waals surface area (Å²) < 4.78 is 0.766. The van der Waals surface area contributed by atoms with Crippen LogP contribution in [0.15, 0.2) is 15.1 Å². The molecule has 1 heterocycles. The predicted octanol–water partition coefficient (Wildman–Crippen LogP) is 1.71. The molecule has 48 valence electrons. The molecular formula is C4H3BrN2OS. The third kappa shape index (κ3) is 1.76. The van der Waals surface area contributed by atoms with E-state index >= 15 is 0 Å². The molecule has 1 aromatic rings. The third-order valence-electron chi connectivity index (χ3n) is 0.662. The van der Waals surface area contributed by atoms with Crippen LogP contribution in [0.2, 0.25) is 0 Å². The first-order chi connectivity index (χ1) is 4.33. The molecule has 0 amide bonds. The van der Waals surface area contributed by atoms with Crippen LogP contribution in [0.4, 0.5) is 0 Å². The summed E-state index contributed by atoms with van der Waals surface area (Å²) in [5.74, 6) is 0. The number of hydrogen-bond donors (Lipinski definition) is 1. The second-order valence-electron chi connectivity index (χ2n) is 1.25. The molecule has 0 spiro atoms. The van der Waals surface area contributed by atoms with Gasteiger partial charge in [0.15, 0.2) is 0 Å². The number of thiazole rings is 1. The van der Waals surface area contributed by atoms with Crippen LogP contribution in [0.5, 0.6) is 0 Å². The van der Waals surface area contributed by atoms with E-state index in [2.05, 4.69) is 26.1 Å². The van der Waals surface area contributed by atoms with Gasteiger partial charge in [-0.1, -0.05) is 5.16 Å². The van der Waals surface area contributed by atoms with Crippen LogP contribution >= 0.6 is 27.3 Å². The first kappa shape index (κ1) is 6.70. The zero-order valence-corrected chi connectivity index (χ0v) is 6.69. The third-order valence-corrected chi connectivity index (χ3v) is 2.15. The average molecular weight is 207 g/mol. The Morgan fingerprint density at radius 1 is 1.89 bits per heavy atom. The number of halogens is 1. The van der Waals surface area contributed by atoms with Crippen LogP contribution in [-0.2, 0) is 0 Å². The van der Waals surface area contributed by atoms with Crippen molar-refractivity contribution in [2.45, 2.75) is 0 Å². The van der Waals surface area contributed by atoms with Gasteiger partial charge in [-0.05, 0) is 15.9 Å². The van der Waals surface area contributed by atoms with Gasteiger partial charge in [-0.2, -0.15) is 0 Å². The molecule has 0 saturated carbocycles. The summed E-state index contributed by atoms with van der Waals surface area (Å²) in [5.41, 5.74) is 0. The molecule has 0 aromatic carbocycles. The van der Waals surface area contributed by atoms with Crippen molar-refractivity contribution in [1.82, 2.24) is 4.98 Å². The minimum Gasteiger partial charge on any atom is -0.411 e. The Labute approximate surface area is 64.2 Å². The summed E-state index contributed by atoms with van der Waals surface area (Å²) in [6, 6.07) is 0. The summed E-state index contributed by atoms with van der Waals surface area (Å²) in [7, 11) is 0. The van der Waals surface area contributed by atoms with Crippen molar-refractivity contribution < 1.29 is 5.21 Å². The Morgan fingerprint density at radius 3 is 3.11 bits per heavy atom. The highest BCUT2D eigenvalue weighted by Crippen LogP contribution is 2.12. The van der Waals surface area contributed by atoms with Gasteiger partial charge in [0, 0.05) is 5.38 Å². The van der Waals surface area contributed by atoms with Crippen molar-refractivity contribution in [1.29, 1.82) is 0 Å². The number of hydrogen-bond acceptors (Lipinski definition) is 4. The first-order valence-electron chi connectivity index (χ1n) is 2.11. The van der Waals surface area contributed by atoms with Gasteiger partial charge in [0.25, 0.3) is 0 Å². The summed E-state index contributed by atoms with van der Waals surface area (Å²) in [6.07, 6.45) is 1.29. The van der Waals surface area contributed by atoms with Crippen molar-refractivity contribution in [3.63, 3.8) is 0 Å². The predicted molar refractivity (Wildman–Crippen MR) is 39.2 cm³/mol. The van der Waals surface area contributed by atoms with E-state index in [0.29, 0.717) is 5.01 Å². The lowest BCUT2D eigenvalue weighted by molar-refractivity contribution is 0.322. The van der Waals surface area contributed by atoms with Gasteiger partial charge in [-0.3, -0.25) is 0 Å². The minimum absolute atomic E-state index is 0.685. The largest absolute Gasteiger partial charge is 0.411 e. The molecule has 1 N–H and O–H groups in total. The van der Waals surface area contributed by atoms with Crippen LogP contribution in [0.25, 0.3) is 0 Å². The van der Waals surface area contributed by atoms with Crippen LogP contribution in [0, 0.1) is 0 Å². The number of rotatable bonds is 1. The second kappa shape index (κ2) is 2.93. The molecule has 9 heavy (non-hydrogen) atoms. The summed E-state index contributed by atoms with van der Waals surface area (Å²) >= 11 is 4.56. The van der Waals surface area contributed by atoms with Gasteiger partial charge >= 0.3 is 0 Å². The first-order valence-corrected chi connectivity index (χ1v) is 3.78. The van der Waals surface area contributed by atoms with E-state index in [9.17, 15) is 0 Å². The lowest BCUT2D eigenvalue weighted by atomic mass is 10.8. The van der Waals surface area contributed by atoms with Crippen LogP contribution in [-0.4, -0.2) is 16.4 Å². The van der Waals surface area contributed by atoms with Crippen molar-refractivity contribution >= 4 is 33.5 Å². The zero-order valence-electron chi connectivity index (χ0n) is 4.28. The topological polar surface area (TPSA) is 45.5 Å². The van der Waals surface area contributed by atoms with Crippen LogP contribution in [0.3, 0.4) is 0 Å². The minimum atomic E-state index is 0.685. The SMILES string of the molecule is ON=Cc1nc(Br)cs1. The molecule has 0 aliphatic carbocycles. The van der Waals surface area contributed by atoms with E-state index in [1.807, 2.05) is 5.38 Å². The molecule has 0 aliphatic heterocycles. The lowest BCUT2D eigenvalue weighted by Crippen LogP contribution is -1.75. The van der Waals surface area contributed by atoms with E-state index < -0.39 is 0 Å². The Morgan fingerprint density at radius 2 is 2.67 bits per heavy atom. The molecule has 0 unspecified atom stereocenters. The Hall–Kier alpha value is -0.420. The second-order valence-corrected chi connectivity index (χ2v) is 2.96. The van der Waals surface area contributed by atoms with Crippen LogP contribution in [0.1, 0.15) is 5.01 Å². The van der Waals surface area contributed by atoms with E-state index in [1.54, 1.807) is 0 Å². The summed E-state index contributed by atoms with van der Waals surface area (Å²) in [6.45, 7) is 0. The highest BCUT2D eigenvalue weighted by atomic mass is 79.9. The smallest absolute Gasteiger partial charge is 0.139 e. The fourth-order valence-electron chi connectivity index (χ4n) is 0.376. The van der Waals surface area contributed by atoms with E-state index in [0.717, 1.165) is 4.60 Å². The van der Waals surface area contributed by atoms with Crippen LogP contribution < -0.4 is 0 Å². The zero-order chi connectivity index (χ0) is 6.69. The van der Waals surface area contributed by atoms with Gasteiger partial charge in [0.05, 0.1) is 0 Å². The maximum absolute atomic E-state index is 8.05. The molecule has 0 saturated heterocycles. The Kier molecular flexibility index (Phi) is 2.18. The van der Waals surface area contributed by atoms with Gasteiger partial charge in [0.2, 0.25) is 0 Å². The van der Waals surface area contributed by atoms with Crippen molar-refractivity contribution in [2.24, 2.45) is 5.16 Å². The molecule has 5 heteroatoms. The molecule has 0 aliphatic rings. The van der Waals surface area contributed by atoms with Gasteiger partial charge in [-0.15, -0.1) is 11.3 Å². The maximum atomic E-state index is 8.05. The van der Waals surface area contributed by atoms with E-state index in [1.165, 1.54) is 17.6 Å². The van der Waals surface area contributed by atoms with E-state index in [-0.39, 0.29) is 0 Å². The Balaban J connectivity index is 2.85. The average Bonchev–Trinajstić information content (AvgIpc) is 2.17. The molecule has 0 fully saturated rings. The maximum Gasteiger partial charge on any atom is 0.139 e. The fraction of sp³-hybridized carbons (Fsp3) is 0. The molecule has 0 radical (unpaired) electrons. The van der Waals surface area contributed by atoms with Crippen molar-refractivity contribution in [3.05, 3.63) is 15.0 Å². The monoisotopic (exact) mass is 206 g/mol. The molecule has 1 aromatic heterocycles. The number of nitrogens with zero attached hydrogens (tertiary/aromatic N) is 2. The molecule has 3 nitrogen and oxygen atoms in total. The van der Waals surface area contributed by atoms with Gasteiger partial charge < -0.3 is 5.21 Å². The van der Waals surface area contributed by atoms with E-state index in [4.69, 9.17) is 5.21 Å². The molecular weight excluding hydrogens is 204 g/mol. The van der Waals surface area contributed by atoms with Crippen molar-refractivity contribution in [3.8, 4) is 0 Å². The van der Waals surface area contributed by atoms with Gasteiger partial charge in [-0.25, -0.2) is 4.98 Å². The van der Waals surface area contributed by atoms with Gasteiger partial charge in [0.1, 0.15) is 15.8 Å². The molecule has 1 rings (SSSR count).